The van der Waals surface area contributed by atoms with Gasteiger partial charge in [-0.15, -0.1) is 0 Å². The molecule has 2 N–H and O–H groups in total. The van der Waals surface area contributed by atoms with Crippen LogP contribution in [0.1, 0.15) is 37.7 Å². The van der Waals surface area contributed by atoms with Crippen LogP contribution in [0.4, 0.5) is 4.39 Å². The highest BCUT2D eigenvalue weighted by atomic mass is 19.1. The number of amides is 1. The Bertz CT molecular complexity index is 477. The number of halogens is 1. The zero-order chi connectivity index (χ0) is 13.9. The van der Waals surface area contributed by atoms with Gasteiger partial charge in [-0.2, -0.15) is 0 Å². The Balaban J connectivity index is 1.54. The van der Waals surface area contributed by atoms with Gasteiger partial charge in [-0.25, -0.2) is 4.39 Å². The number of benzene rings is 1. The van der Waals surface area contributed by atoms with Crippen molar-refractivity contribution >= 4 is 5.91 Å². The van der Waals surface area contributed by atoms with Crippen molar-refractivity contribution in [3.05, 3.63) is 35.6 Å². The topological polar surface area (TPSA) is 41.1 Å². The molecule has 1 aromatic rings. The Kier molecular flexibility index (Phi) is 4.01. The fraction of sp³-hybridized carbons (Fsp3) is 0.562. The van der Waals surface area contributed by atoms with E-state index < -0.39 is 0 Å². The molecule has 2 aliphatic rings. The van der Waals surface area contributed by atoms with Gasteiger partial charge in [-0.1, -0.05) is 31.0 Å². The van der Waals surface area contributed by atoms with Gasteiger partial charge in [-0.3, -0.25) is 4.79 Å². The molecule has 0 bridgehead atoms. The Morgan fingerprint density at radius 1 is 1.30 bits per heavy atom. The average molecular weight is 276 g/mol. The number of rotatable bonds is 3. The first-order valence-electron chi connectivity index (χ1n) is 7.51. The van der Waals surface area contributed by atoms with E-state index in [2.05, 4.69) is 10.6 Å². The summed E-state index contributed by atoms with van der Waals surface area (Å²) in [5.74, 6) is 0.386. The number of hydrogen-bond donors (Lipinski definition) is 2. The molecular weight excluding hydrogens is 255 g/mol. The standard InChI is InChI=1S/C16H21FN2O/c17-13-7-3-1-6-12(13)10-18-16(20)15-9-11-5-2-4-8-14(11)19-15/h1,3,6-7,11,14-15,19H,2,4-5,8-10H2,(H,18,20). The SMILES string of the molecule is O=C(NCc1ccccc1F)C1CC2CCCCC2N1. The fourth-order valence-corrected chi connectivity index (χ4v) is 3.47. The average Bonchev–Trinajstić information content (AvgIpc) is 2.90. The van der Waals surface area contributed by atoms with Gasteiger partial charge in [0, 0.05) is 18.2 Å². The maximum absolute atomic E-state index is 13.5. The van der Waals surface area contributed by atoms with E-state index in [1.165, 1.54) is 31.7 Å². The molecule has 2 fully saturated rings. The first-order valence-corrected chi connectivity index (χ1v) is 7.51. The van der Waals surface area contributed by atoms with Gasteiger partial charge in [0.25, 0.3) is 0 Å². The van der Waals surface area contributed by atoms with E-state index in [4.69, 9.17) is 0 Å². The quantitative estimate of drug-likeness (QED) is 0.890. The molecule has 108 valence electrons. The third kappa shape index (κ3) is 2.85. The molecule has 0 aromatic heterocycles. The number of fused-ring (bicyclic) bond motifs is 1. The molecule has 1 saturated heterocycles. The zero-order valence-electron chi connectivity index (χ0n) is 11.6. The van der Waals surface area contributed by atoms with Gasteiger partial charge in [0.1, 0.15) is 5.82 Å². The lowest BCUT2D eigenvalue weighted by Gasteiger charge is -2.24. The van der Waals surface area contributed by atoms with E-state index in [1.807, 2.05) is 0 Å². The van der Waals surface area contributed by atoms with Gasteiger partial charge in [-0.05, 0) is 31.2 Å². The van der Waals surface area contributed by atoms with Crippen LogP contribution in [-0.2, 0) is 11.3 Å². The van der Waals surface area contributed by atoms with Gasteiger partial charge >= 0.3 is 0 Å². The van der Waals surface area contributed by atoms with Crippen molar-refractivity contribution < 1.29 is 9.18 Å². The van der Waals surface area contributed by atoms with Crippen molar-refractivity contribution in [2.24, 2.45) is 5.92 Å². The molecule has 1 aliphatic heterocycles. The van der Waals surface area contributed by atoms with Crippen molar-refractivity contribution in [3.8, 4) is 0 Å². The van der Waals surface area contributed by atoms with Crippen LogP contribution in [0.15, 0.2) is 24.3 Å². The maximum Gasteiger partial charge on any atom is 0.237 e. The number of hydrogen-bond acceptors (Lipinski definition) is 2. The highest BCUT2D eigenvalue weighted by Crippen LogP contribution is 2.33. The summed E-state index contributed by atoms with van der Waals surface area (Å²) in [6.45, 7) is 0.263. The van der Waals surface area contributed by atoms with Crippen LogP contribution in [0, 0.1) is 11.7 Å². The van der Waals surface area contributed by atoms with Crippen LogP contribution in [0.5, 0.6) is 0 Å². The minimum absolute atomic E-state index is 0.00246. The Labute approximate surface area is 118 Å². The molecule has 1 amide bonds. The second kappa shape index (κ2) is 5.92. The molecule has 1 saturated carbocycles. The first-order chi connectivity index (χ1) is 9.74. The summed E-state index contributed by atoms with van der Waals surface area (Å²) >= 11 is 0. The Morgan fingerprint density at radius 3 is 2.90 bits per heavy atom. The molecule has 0 spiro atoms. The van der Waals surface area contributed by atoms with E-state index in [-0.39, 0.29) is 24.3 Å². The predicted molar refractivity (Wildman–Crippen MR) is 75.5 cm³/mol. The molecule has 1 aromatic carbocycles. The van der Waals surface area contributed by atoms with E-state index in [0.29, 0.717) is 17.5 Å². The van der Waals surface area contributed by atoms with Crippen molar-refractivity contribution in [1.29, 1.82) is 0 Å². The molecule has 20 heavy (non-hydrogen) atoms. The van der Waals surface area contributed by atoms with Crippen molar-refractivity contribution in [3.63, 3.8) is 0 Å². The first kappa shape index (κ1) is 13.6. The summed E-state index contributed by atoms with van der Waals surface area (Å²) < 4.78 is 13.5. The van der Waals surface area contributed by atoms with Crippen LogP contribution in [0.25, 0.3) is 0 Å². The predicted octanol–water partition coefficient (Wildman–Crippen LogP) is 2.36. The van der Waals surface area contributed by atoms with Gasteiger partial charge < -0.3 is 10.6 Å². The largest absolute Gasteiger partial charge is 0.351 e. The molecule has 1 aliphatic carbocycles. The number of carbonyl (C=O) groups is 1. The maximum atomic E-state index is 13.5. The molecule has 3 rings (SSSR count). The van der Waals surface area contributed by atoms with Crippen LogP contribution in [0.3, 0.4) is 0 Å². The van der Waals surface area contributed by atoms with Crippen molar-refractivity contribution in [2.45, 2.75) is 50.7 Å². The van der Waals surface area contributed by atoms with Crippen molar-refractivity contribution in [1.82, 2.24) is 10.6 Å². The second-order valence-electron chi connectivity index (χ2n) is 5.92. The molecular formula is C16H21FN2O. The minimum atomic E-state index is -0.263. The smallest absolute Gasteiger partial charge is 0.237 e. The molecule has 3 unspecified atom stereocenters. The molecule has 0 radical (unpaired) electrons. The summed E-state index contributed by atoms with van der Waals surface area (Å²) in [5, 5.41) is 6.29. The van der Waals surface area contributed by atoms with Gasteiger partial charge in [0.2, 0.25) is 5.91 Å². The van der Waals surface area contributed by atoms with Crippen LogP contribution in [-0.4, -0.2) is 18.0 Å². The third-order valence-corrected chi connectivity index (χ3v) is 4.59. The monoisotopic (exact) mass is 276 g/mol. The number of carbonyl (C=O) groups excluding carboxylic acids is 1. The zero-order valence-corrected chi connectivity index (χ0v) is 11.6. The highest BCUT2D eigenvalue weighted by molar-refractivity contribution is 5.82. The number of nitrogens with one attached hydrogen (secondary N) is 2. The summed E-state index contributed by atoms with van der Waals surface area (Å²) in [6.07, 6.45) is 5.88. The van der Waals surface area contributed by atoms with E-state index >= 15 is 0 Å². The lowest BCUT2D eigenvalue weighted by molar-refractivity contribution is -0.123. The lowest BCUT2D eigenvalue weighted by atomic mass is 9.85. The molecule has 3 nitrogen and oxygen atoms in total. The molecule has 1 heterocycles. The molecule has 4 heteroatoms. The van der Waals surface area contributed by atoms with Gasteiger partial charge in [0.05, 0.1) is 6.04 Å². The summed E-state index contributed by atoms with van der Waals surface area (Å²) in [7, 11) is 0. The van der Waals surface area contributed by atoms with E-state index in [0.717, 1.165) is 6.42 Å². The molecule has 3 atom stereocenters. The van der Waals surface area contributed by atoms with Crippen LogP contribution < -0.4 is 10.6 Å². The van der Waals surface area contributed by atoms with Crippen molar-refractivity contribution in [2.75, 3.05) is 0 Å². The lowest BCUT2D eigenvalue weighted by Crippen LogP contribution is -2.42. The van der Waals surface area contributed by atoms with E-state index in [9.17, 15) is 9.18 Å². The summed E-state index contributed by atoms with van der Waals surface area (Å²) in [5.41, 5.74) is 0.538. The second-order valence-corrected chi connectivity index (χ2v) is 5.92. The van der Waals surface area contributed by atoms with Gasteiger partial charge in [0.15, 0.2) is 0 Å². The minimum Gasteiger partial charge on any atom is -0.351 e. The summed E-state index contributed by atoms with van der Waals surface area (Å²) in [4.78, 5) is 12.2. The van der Waals surface area contributed by atoms with E-state index in [1.54, 1.807) is 18.2 Å². The Morgan fingerprint density at radius 2 is 2.10 bits per heavy atom. The summed E-state index contributed by atoms with van der Waals surface area (Å²) in [6, 6.07) is 6.97. The normalized spacial score (nSPS) is 28.9. The fourth-order valence-electron chi connectivity index (χ4n) is 3.47. The third-order valence-electron chi connectivity index (χ3n) is 4.59. The highest BCUT2D eigenvalue weighted by Gasteiger charge is 2.37. The Hall–Kier alpha value is -1.42. The van der Waals surface area contributed by atoms with Crippen LogP contribution in [0.2, 0.25) is 0 Å². The van der Waals surface area contributed by atoms with Crippen LogP contribution >= 0.6 is 0 Å².